The Bertz CT molecular complexity index is 614. The van der Waals surface area contributed by atoms with E-state index in [1.54, 1.807) is 39.0 Å². The molecule has 1 aromatic rings. The maximum Gasteiger partial charge on any atom is 0.408 e. The van der Waals surface area contributed by atoms with Gasteiger partial charge < -0.3 is 20.5 Å². The molecule has 1 atom stereocenters. The molecule has 0 radical (unpaired) electrons. The summed E-state index contributed by atoms with van der Waals surface area (Å²) in [5.41, 5.74) is 0.206. The van der Waals surface area contributed by atoms with Gasteiger partial charge >= 0.3 is 6.09 Å². The summed E-state index contributed by atoms with van der Waals surface area (Å²) in [6, 6.07) is 4.38. The van der Waals surface area contributed by atoms with E-state index in [9.17, 15) is 14.7 Å². The van der Waals surface area contributed by atoms with Crippen molar-refractivity contribution < 1.29 is 19.4 Å². The molecule has 0 heterocycles. The van der Waals surface area contributed by atoms with Crippen LogP contribution >= 0.6 is 22.6 Å². The van der Waals surface area contributed by atoms with Crippen molar-refractivity contribution in [2.24, 2.45) is 0 Å². The molecule has 0 fully saturated rings. The summed E-state index contributed by atoms with van der Waals surface area (Å²) < 4.78 is 5.96. The van der Waals surface area contributed by atoms with Gasteiger partial charge in [-0.15, -0.1) is 0 Å². The topological polar surface area (TPSA) is 87.7 Å². The van der Waals surface area contributed by atoms with E-state index in [2.05, 4.69) is 17.6 Å². The van der Waals surface area contributed by atoms with E-state index in [0.29, 0.717) is 16.5 Å². The van der Waals surface area contributed by atoms with Crippen molar-refractivity contribution in [1.82, 2.24) is 10.6 Å². The molecular formula is C19H29IN2O4. The second kappa shape index (κ2) is 10.6. The highest BCUT2D eigenvalue weighted by atomic mass is 127. The summed E-state index contributed by atoms with van der Waals surface area (Å²) in [5, 5.41) is 15.2. The highest BCUT2D eigenvalue weighted by Gasteiger charge is 2.24. The standard InChI is InChI=1S/C19H29IN2O4/c1-5-6-7-10-21-17(24)15(22-18(25)26-19(2,3)4)12-13-8-9-16(23)14(20)11-13/h8-9,11,15,23H,5-7,10,12H2,1-4H3,(H,21,24)(H,22,25)/t15-/m0/s1. The van der Waals surface area contributed by atoms with Gasteiger partial charge in [0.15, 0.2) is 0 Å². The lowest BCUT2D eigenvalue weighted by atomic mass is 10.0. The Hall–Kier alpha value is -1.51. The summed E-state index contributed by atoms with van der Waals surface area (Å²) in [6.45, 7) is 7.99. The van der Waals surface area contributed by atoms with Gasteiger partial charge in [-0.2, -0.15) is 0 Å². The Labute approximate surface area is 169 Å². The van der Waals surface area contributed by atoms with Crippen LogP contribution in [0.3, 0.4) is 0 Å². The zero-order valence-electron chi connectivity index (χ0n) is 15.9. The number of alkyl carbamates (subject to hydrolysis) is 1. The van der Waals surface area contributed by atoms with Crippen molar-refractivity contribution in [1.29, 1.82) is 0 Å². The molecule has 0 saturated carbocycles. The van der Waals surface area contributed by atoms with E-state index < -0.39 is 17.7 Å². The summed E-state index contributed by atoms with van der Waals surface area (Å²) in [6.07, 6.45) is 2.70. The third-order valence-electron chi connectivity index (χ3n) is 3.54. The quantitative estimate of drug-likeness (QED) is 0.394. The Balaban J connectivity index is 2.80. The Morgan fingerprint density at radius 2 is 1.96 bits per heavy atom. The molecule has 146 valence electrons. The molecule has 26 heavy (non-hydrogen) atoms. The number of unbranched alkanes of at least 4 members (excludes halogenated alkanes) is 2. The first-order valence-electron chi connectivity index (χ1n) is 8.87. The number of carbonyl (C=O) groups is 2. The highest BCUT2D eigenvalue weighted by molar-refractivity contribution is 14.1. The maximum absolute atomic E-state index is 12.5. The van der Waals surface area contributed by atoms with Crippen LogP contribution < -0.4 is 10.6 Å². The fourth-order valence-corrected chi connectivity index (χ4v) is 2.86. The summed E-state index contributed by atoms with van der Waals surface area (Å²) in [5.74, 6) is -0.0509. The van der Waals surface area contributed by atoms with Crippen molar-refractivity contribution in [3.63, 3.8) is 0 Å². The minimum Gasteiger partial charge on any atom is -0.507 e. The number of aromatic hydroxyl groups is 1. The predicted molar refractivity (Wildman–Crippen MR) is 110 cm³/mol. The van der Waals surface area contributed by atoms with Gasteiger partial charge in [0.05, 0.1) is 3.57 Å². The highest BCUT2D eigenvalue weighted by Crippen LogP contribution is 2.21. The van der Waals surface area contributed by atoms with Crippen LogP contribution in [0.15, 0.2) is 18.2 Å². The van der Waals surface area contributed by atoms with Gasteiger partial charge in [0, 0.05) is 13.0 Å². The van der Waals surface area contributed by atoms with Gasteiger partial charge in [-0.05, 0) is 67.5 Å². The van der Waals surface area contributed by atoms with Gasteiger partial charge in [-0.1, -0.05) is 25.8 Å². The molecule has 3 N–H and O–H groups in total. The van der Waals surface area contributed by atoms with Crippen molar-refractivity contribution in [2.45, 2.75) is 65.0 Å². The zero-order chi connectivity index (χ0) is 19.7. The molecular weight excluding hydrogens is 447 g/mol. The molecule has 6 nitrogen and oxygen atoms in total. The van der Waals surface area contributed by atoms with E-state index in [4.69, 9.17) is 4.74 Å². The number of amides is 2. The first kappa shape index (κ1) is 22.5. The SMILES string of the molecule is CCCCCNC(=O)[C@H](Cc1ccc(O)c(I)c1)NC(=O)OC(C)(C)C. The lowest BCUT2D eigenvalue weighted by Gasteiger charge is -2.23. The van der Waals surface area contributed by atoms with Crippen LogP contribution in [0.5, 0.6) is 5.75 Å². The van der Waals surface area contributed by atoms with Crippen LogP contribution in [0.4, 0.5) is 4.79 Å². The molecule has 0 bridgehead atoms. The van der Waals surface area contributed by atoms with Crippen LogP contribution in [0, 0.1) is 3.57 Å². The number of phenolic OH excluding ortho intramolecular Hbond substituents is 1. The summed E-state index contributed by atoms with van der Waals surface area (Å²) in [7, 11) is 0. The molecule has 0 saturated heterocycles. The third kappa shape index (κ3) is 8.73. The Morgan fingerprint density at radius 1 is 1.27 bits per heavy atom. The fourth-order valence-electron chi connectivity index (χ4n) is 2.28. The molecule has 2 amide bonds. The van der Waals surface area contributed by atoms with Crippen LogP contribution in [0.25, 0.3) is 0 Å². The largest absolute Gasteiger partial charge is 0.507 e. The molecule has 0 unspecified atom stereocenters. The number of nitrogens with one attached hydrogen (secondary N) is 2. The van der Waals surface area contributed by atoms with Crippen molar-refractivity contribution in [3.05, 3.63) is 27.3 Å². The zero-order valence-corrected chi connectivity index (χ0v) is 18.1. The normalized spacial score (nSPS) is 12.3. The molecule has 1 rings (SSSR count). The number of phenols is 1. The van der Waals surface area contributed by atoms with Crippen LogP contribution in [-0.4, -0.2) is 35.3 Å². The van der Waals surface area contributed by atoms with Crippen LogP contribution in [-0.2, 0) is 16.0 Å². The number of carbonyl (C=O) groups excluding carboxylic acids is 2. The number of benzene rings is 1. The molecule has 0 aliphatic heterocycles. The smallest absolute Gasteiger partial charge is 0.408 e. The first-order valence-corrected chi connectivity index (χ1v) is 9.95. The predicted octanol–water partition coefficient (Wildman–Crippen LogP) is 3.74. The summed E-state index contributed by atoms with van der Waals surface area (Å²) in [4.78, 5) is 24.6. The lowest BCUT2D eigenvalue weighted by Crippen LogP contribution is -2.49. The Morgan fingerprint density at radius 3 is 2.54 bits per heavy atom. The minimum absolute atomic E-state index is 0.190. The van der Waals surface area contributed by atoms with Gasteiger partial charge in [0.1, 0.15) is 17.4 Å². The first-order chi connectivity index (χ1) is 12.1. The average molecular weight is 476 g/mol. The number of halogens is 1. The van der Waals surface area contributed by atoms with Gasteiger partial charge in [0.2, 0.25) is 5.91 Å². The van der Waals surface area contributed by atoms with E-state index in [-0.39, 0.29) is 11.7 Å². The van der Waals surface area contributed by atoms with Crippen LogP contribution in [0.1, 0.15) is 52.5 Å². The third-order valence-corrected chi connectivity index (χ3v) is 4.40. The second-order valence-electron chi connectivity index (χ2n) is 7.19. The number of rotatable bonds is 8. The fraction of sp³-hybridized carbons (Fsp3) is 0.579. The monoisotopic (exact) mass is 476 g/mol. The van der Waals surface area contributed by atoms with Gasteiger partial charge in [-0.25, -0.2) is 4.79 Å². The molecule has 0 spiro atoms. The second-order valence-corrected chi connectivity index (χ2v) is 8.35. The lowest BCUT2D eigenvalue weighted by molar-refractivity contribution is -0.123. The van der Waals surface area contributed by atoms with Crippen molar-refractivity contribution in [2.75, 3.05) is 6.54 Å². The minimum atomic E-state index is -0.744. The molecule has 1 aromatic carbocycles. The average Bonchev–Trinajstić information content (AvgIpc) is 2.52. The van der Waals surface area contributed by atoms with Crippen molar-refractivity contribution >= 4 is 34.6 Å². The van der Waals surface area contributed by atoms with E-state index >= 15 is 0 Å². The molecule has 0 aliphatic rings. The summed E-state index contributed by atoms with van der Waals surface area (Å²) >= 11 is 2.03. The van der Waals surface area contributed by atoms with Crippen molar-refractivity contribution in [3.8, 4) is 5.75 Å². The number of hydrogen-bond acceptors (Lipinski definition) is 4. The van der Waals surface area contributed by atoms with Crippen LogP contribution in [0.2, 0.25) is 0 Å². The van der Waals surface area contributed by atoms with Gasteiger partial charge in [0.25, 0.3) is 0 Å². The van der Waals surface area contributed by atoms with E-state index in [1.165, 1.54) is 0 Å². The maximum atomic E-state index is 12.5. The number of hydrogen-bond donors (Lipinski definition) is 3. The van der Waals surface area contributed by atoms with E-state index in [1.807, 2.05) is 22.6 Å². The molecule has 7 heteroatoms. The number of ether oxygens (including phenoxy) is 1. The van der Waals surface area contributed by atoms with Gasteiger partial charge in [-0.3, -0.25) is 4.79 Å². The molecule has 0 aromatic heterocycles. The van der Waals surface area contributed by atoms with E-state index in [0.717, 1.165) is 24.8 Å². The molecule has 0 aliphatic carbocycles. The Kier molecular flexibility index (Phi) is 9.18.